The zero-order valence-corrected chi connectivity index (χ0v) is 24.0. The molecule has 5 rings (SSSR count). The summed E-state index contributed by atoms with van der Waals surface area (Å²) in [6, 6.07) is 5.04. The molecule has 0 radical (unpaired) electrons. The maximum Gasteiger partial charge on any atom is 0.516 e. The highest BCUT2D eigenvalue weighted by Crippen LogP contribution is 2.52. The van der Waals surface area contributed by atoms with Crippen molar-refractivity contribution in [3.05, 3.63) is 52.4 Å². The molecule has 0 saturated carbocycles. The largest absolute Gasteiger partial charge is 0.516 e. The molecular formula is C27H29N3O7S2. The fourth-order valence-electron chi connectivity index (χ4n) is 5.22. The lowest BCUT2D eigenvalue weighted by Gasteiger charge is -2.46. The van der Waals surface area contributed by atoms with Crippen LogP contribution in [-0.4, -0.2) is 62.1 Å². The smallest absolute Gasteiger partial charge is 0.421 e. The summed E-state index contributed by atoms with van der Waals surface area (Å²) >= 11 is 2.98. The molecule has 1 aromatic carbocycles. The molecule has 2 aromatic heterocycles. The third-order valence-corrected chi connectivity index (χ3v) is 9.03. The number of thiazole rings is 1. The van der Waals surface area contributed by atoms with Crippen LogP contribution in [0.15, 0.2) is 41.4 Å². The van der Waals surface area contributed by atoms with Gasteiger partial charge in [-0.15, -0.1) is 23.1 Å². The third-order valence-electron chi connectivity index (χ3n) is 7.08. The van der Waals surface area contributed by atoms with E-state index < -0.39 is 30.4 Å². The lowest BCUT2D eigenvalue weighted by molar-refractivity contribution is -0.172. The number of fused-ring (bicyclic) bond motifs is 2. The number of rotatable bonds is 7. The SMILES string of the molecule is CSc1ncn2cc(C3=C(C(=O)OC(C)OC(=O)Oc4cc(C)ccc4C)N4C(=O)[C@H]([C@@H](C)O)[C@H]4[C@H]3C)sc12. The maximum atomic E-state index is 13.5. The monoisotopic (exact) mass is 571 g/mol. The Balaban J connectivity index is 1.41. The quantitative estimate of drug-likeness (QED) is 0.145. The molecule has 4 heterocycles. The molecule has 1 amide bonds. The molecule has 39 heavy (non-hydrogen) atoms. The predicted octanol–water partition coefficient (Wildman–Crippen LogP) is 4.41. The van der Waals surface area contributed by atoms with Gasteiger partial charge in [-0.2, -0.15) is 0 Å². The first kappa shape index (κ1) is 27.2. The van der Waals surface area contributed by atoms with Crippen LogP contribution < -0.4 is 4.74 Å². The predicted molar refractivity (Wildman–Crippen MR) is 145 cm³/mol. The van der Waals surface area contributed by atoms with Crippen molar-refractivity contribution in [1.29, 1.82) is 0 Å². The highest BCUT2D eigenvalue weighted by molar-refractivity contribution is 7.98. The molecular weight excluding hydrogens is 542 g/mol. The van der Waals surface area contributed by atoms with E-state index in [1.165, 1.54) is 34.9 Å². The number of imidazole rings is 1. The number of esters is 1. The van der Waals surface area contributed by atoms with Crippen molar-refractivity contribution < 1.29 is 33.7 Å². The molecule has 10 nitrogen and oxygen atoms in total. The topological polar surface area (TPSA) is 120 Å². The van der Waals surface area contributed by atoms with Gasteiger partial charge in [-0.05, 0) is 44.2 Å². The van der Waals surface area contributed by atoms with Gasteiger partial charge in [-0.25, -0.2) is 14.6 Å². The Hall–Kier alpha value is -3.35. The Bertz CT molecular complexity index is 1510. The second-order valence-corrected chi connectivity index (χ2v) is 11.6. The second kappa shape index (κ2) is 10.3. The molecule has 206 valence electrons. The number of carbonyl (C=O) groups excluding carboxylic acids is 3. The summed E-state index contributed by atoms with van der Waals surface area (Å²) in [7, 11) is 0. The number of nitrogens with zero attached hydrogens (tertiary/aromatic N) is 3. The fourth-order valence-corrected chi connectivity index (χ4v) is 7.14. The lowest BCUT2D eigenvalue weighted by atomic mass is 9.77. The van der Waals surface area contributed by atoms with Crippen LogP contribution >= 0.6 is 23.1 Å². The normalized spacial score (nSPS) is 22.0. The van der Waals surface area contributed by atoms with E-state index in [-0.39, 0.29) is 23.6 Å². The molecule has 0 bridgehead atoms. The number of carbonyl (C=O) groups is 3. The van der Waals surface area contributed by atoms with Crippen LogP contribution in [0.4, 0.5) is 4.79 Å². The van der Waals surface area contributed by atoms with Gasteiger partial charge in [0.25, 0.3) is 0 Å². The van der Waals surface area contributed by atoms with Crippen LogP contribution in [0.1, 0.15) is 36.8 Å². The summed E-state index contributed by atoms with van der Waals surface area (Å²) in [5.74, 6) is -1.67. The van der Waals surface area contributed by atoms with E-state index in [0.29, 0.717) is 11.3 Å². The van der Waals surface area contributed by atoms with Crippen molar-refractivity contribution in [2.45, 2.75) is 58.1 Å². The van der Waals surface area contributed by atoms with Crippen molar-refractivity contribution in [1.82, 2.24) is 14.3 Å². The van der Waals surface area contributed by atoms with Gasteiger partial charge in [-0.3, -0.25) is 9.20 Å². The molecule has 3 aromatic rings. The van der Waals surface area contributed by atoms with Crippen molar-refractivity contribution in [3.63, 3.8) is 0 Å². The lowest BCUT2D eigenvalue weighted by Crippen LogP contribution is -2.63. The number of thioether (sulfide) groups is 1. The number of aliphatic hydroxyl groups excluding tert-OH is 1. The molecule has 2 aliphatic heterocycles. The van der Waals surface area contributed by atoms with E-state index in [9.17, 15) is 19.5 Å². The minimum atomic E-state index is -1.28. The fraction of sp³-hybridized carbons (Fsp3) is 0.407. The second-order valence-electron chi connectivity index (χ2n) is 9.79. The molecule has 1 fully saturated rings. The van der Waals surface area contributed by atoms with E-state index >= 15 is 0 Å². The van der Waals surface area contributed by atoms with Crippen LogP contribution in [0.25, 0.3) is 10.4 Å². The molecule has 0 spiro atoms. The number of amides is 1. The molecule has 1 unspecified atom stereocenters. The van der Waals surface area contributed by atoms with Crippen LogP contribution in [0.3, 0.4) is 0 Å². The Morgan fingerprint density at radius 2 is 1.95 bits per heavy atom. The van der Waals surface area contributed by atoms with Crippen molar-refractivity contribution in [2.75, 3.05) is 6.26 Å². The third kappa shape index (κ3) is 4.70. The molecule has 2 aliphatic rings. The number of hydrogen-bond acceptors (Lipinski definition) is 10. The number of aliphatic hydroxyl groups is 1. The van der Waals surface area contributed by atoms with Crippen molar-refractivity contribution >= 4 is 51.5 Å². The van der Waals surface area contributed by atoms with Gasteiger partial charge < -0.3 is 24.2 Å². The molecule has 12 heteroatoms. The van der Waals surface area contributed by atoms with Crippen LogP contribution in [0.5, 0.6) is 5.75 Å². The van der Waals surface area contributed by atoms with Crippen molar-refractivity contribution in [2.24, 2.45) is 11.8 Å². The van der Waals surface area contributed by atoms with E-state index in [4.69, 9.17) is 14.2 Å². The summed E-state index contributed by atoms with van der Waals surface area (Å²) in [5, 5.41) is 11.1. The van der Waals surface area contributed by atoms with Crippen LogP contribution in [-0.2, 0) is 19.1 Å². The Kier molecular flexibility index (Phi) is 7.21. The zero-order chi connectivity index (χ0) is 28.2. The average Bonchev–Trinajstić information content (AvgIpc) is 3.50. The van der Waals surface area contributed by atoms with Crippen LogP contribution in [0, 0.1) is 25.7 Å². The van der Waals surface area contributed by atoms with E-state index in [1.807, 2.05) is 42.8 Å². The first-order chi connectivity index (χ1) is 18.5. The first-order valence-electron chi connectivity index (χ1n) is 12.4. The molecule has 5 atom stereocenters. The standard InChI is InChI=1S/C27H29N3O7S2/c1-12-7-8-13(2)17(9-12)37-27(34)36-16(5)35-26(33)22-19(14(3)21-20(15(4)31)24(32)30(21)22)18-10-29-11-28-23(38-6)25(29)39-18/h7-11,14-16,20-21,31H,1-6H3/t14-,15+,16?,20+,21+/m0/s1. The number of benzene rings is 1. The molecule has 0 aliphatic carbocycles. The van der Waals surface area contributed by atoms with Gasteiger partial charge in [0, 0.05) is 24.6 Å². The molecule has 1 saturated heterocycles. The highest BCUT2D eigenvalue weighted by atomic mass is 32.2. The number of aromatic nitrogens is 2. The zero-order valence-electron chi connectivity index (χ0n) is 22.3. The van der Waals surface area contributed by atoms with Gasteiger partial charge in [-0.1, -0.05) is 19.1 Å². The summed E-state index contributed by atoms with van der Waals surface area (Å²) in [6.07, 6.45) is 2.35. The summed E-state index contributed by atoms with van der Waals surface area (Å²) < 4.78 is 17.9. The average molecular weight is 572 g/mol. The summed E-state index contributed by atoms with van der Waals surface area (Å²) in [5.41, 5.74) is 2.40. The number of aryl methyl sites for hydroxylation is 2. The number of ether oxygens (including phenoxy) is 3. The van der Waals surface area contributed by atoms with Gasteiger partial charge in [0.15, 0.2) is 0 Å². The van der Waals surface area contributed by atoms with Gasteiger partial charge in [0.1, 0.15) is 27.6 Å². The minimum absolute atomic E-state index is 0.0934. The van der Waals surface area contributed by atoms with Gasteiger partial charge >= 0.3 is 12.1 Å². The summed E-state index contributed by atoms with van der Waals surface area (Å²) in [6.45, 7) is 8.58. The number of β-lactam (4-membered cyclic amide) rings is 1. The van der Waals surface area contributed by atoms with Gasteiger partial charge in [0.2, 0.25) is 12.2 Å². The summed E-state index contributed by atoms with van der Waals surface area (Å²) in [4.78, 5) is 46.5. The number of hydrogen-bond donors (Lipinski definition) is 1. The van der Waals surface area contributed by atoms with Crippen LogP contribution in [0.2, 0.25) is 0 Å². The van der Waals surface area contributed by atoms with E-state index in [0.717, 1.165) is 25.9 Å². The minimum Gasteiger partial charge on any atom is -0.421 e. The molecule has 1 N–H and O–H groups in total. The Morgan fingerprint density at radius 3 is 2.64 bits per heavy atom. The highest BCUT2D eigenvalue weighted by Gasteiger charge is 2.60. The van der Waals surface area contributed by atoms with E-state index in [2.05, 4.69) is 4.98 Å². The first-order valence-corrected chi connectivity index (χ1v) is 14.5. The Morgan fingerprint density at radius 1 is 1.21 bits per heavy atom. The maximum absolute atomic E-state index is 13.5. The Labute approximate surface area is 233 Å². The van der Waals surface area contributed by atoms with Gasteiger partial charge in [0.05, 0.1) is 22.9 Å². The van der Waals surface area contributed by atoms with Crippen molar-refractivity contribution in [3.8, 4) is 5.75 Å². The van der Waals surface area contributed by atoms with E-state index in [1.54, 1.807) is 26.2 Å².